The molecule has 1 saturated carbocycles. The van der Waals surface area contributed by atoms with Crippen LogP contribution in [0.2, 0.25) is 0 Å². The first-order chi connectivity index (χ1) is 10.5. The van der Waals surface area contributed by atoms with Gasteiger partial charge in [-0.3, -0.25) is 9.59 Å². The molecule has 2 rings (SSSR count). The zero-order valence-corrected chi connectivity index (χ0v) is 13.0. The van der Waals surface area contributed by atoms with Crippen LogP contribution < -0.4 is 10.6 Å². The van der Waals surface area contributed by atoms with E-state index in [2.05, 4.69) is 10.6 Å². The minimum absolute atomic E-state index is 0.0579. The molecule has 22 heavy (non-hydrogen) atoms. The van der Waals surface area contributed by atoms with E-state index in [1.165, 1.54) is 11.3 Å². The predicted molar refractivity (Wildman–Crippen MR) is 80.3 cm³/mol. The van der Waals surface area contributed by atoms with Gasteiger partial charge in [0, 0.05) is 19.1 Å². The molecular formula is C15H25N3O4. The van der Waals surface area contributed by atoms with Gasteiger partial charge >= 0.3 is 12.0 Å². The Kier molecular flexibility index (Phi) is 5.63. The van der Waals surface area contributed by atoms with Crippen molar-refractivity contribution in [1.82, 2.24) is 15.5 Å². The first-order valence-electron chi connectivity index (χ1n) is 8.02. The second-order valence-corrected chi connectivity index (χ2v) is 6.38. The molecular weight excluding hydrogens is 286 g/mol. The van der Waals surface area contributed by atoms with Gasteiger partial charge in [-0.25, -0.2) is 4.79 Å². The van der Waals surface area contributed by atoms with E-state index in [0.29, 0.717) is 6.54 Å². The number of hydrogen-bond donors (Lipinski definition) is 3. The molecule has 0 aromatic rings. The zero-order chi connectivity index (χ0) is 16.1. The largest absolute Gasteiger partial charge is 0.481 e. The number of amides is 3. The van der Waals surface area contributed by atoms with Crippen LogP contribution in [0.3, 0.4) is 0 Å². The molecule has 7 heteroatoms. The number of urea groups is 1. The van der Waals surface area contributed by atoms with Crippen LogP contribution in [0, 0.1) is 11.8 Å². The van der Waals surface area contributed by atoms with Crippen LogP contribution in [-0.4, -0.2) is 53.6 Å². The van der Waals surface area contributed by atoms with Gasteiger partial charge in [-0.1, -0.05) is 26.2 Å². The average molecular weight is 311 g/mol. The van der Waals surface area contributed by atoms with Gasteiger partial charge in [-0.2, -0.15) is 0 Å². The third kappa shape index (κ3) is 4.35. The Balaban J connectivity index is 1.71. The predicted octanol–water partition coefficient (Wildman–Crippen LogP) is 0.797. The molecule has 0 bridgehead atoms. The van der Waals surface area contributed by atoms with Crippen LogP contribution >= 0.6 is 0 Å². The number of rotatable bonds is 4. The topological polar surface area (TPSA) is 98.7 Å². The summed E-state index contributed by atoms with van der Waals surface area (Å²) in [5.41, 5.74) is 0. The fourth-order valence-electron chi connectivity index (χ4n) is 3.24. The molecule has 1 heterocycles. The van der Waals surface area contributed by atoms with Crippen molar-refractivity contribution in [2.75, 3.05) is 19.6 Å². The van der Waals surface area contributed by atoms with Gasteiger partial charge in [0.25, 0.3) is 0 Å². The van der Waals surface area contributed by atoms with Crippen molar-refractivity contribution in [1.29, 1.82) is 0 Å². The molecule has 3 N–H and O–H groups in total. The summed E-state index contributed by atoms with van der Waals surface area (Å²) in [6, 6.07) is -0.116. The average Bonchev–Trinajstić information content (AvgIpc) is 2.88. The Morgan fingerprint density at radius 3 is 2.41 bits per heavy atom. The molecule has 2 atom stereocenters. The Morgan fingerprint density at radius 1 is 1.14 bits per heavy atom. The van der Waals surface area contributed by atoms with Gasteiger partial charge in [0.15, 0.2) is 0 Å². The van der Waals surface area contributed by atoms with Crippen LogP contribution in [0.5, 0.6) is 0 Å². The van der Waals surface area contributed by atoms with E-state index in [1.807, 2.05) is 6.92 Å². The highest BCUT2D eigenvalue weighted by Gasteiger charge is 2.36. The number of hydrogen-bond acceptors (Lipinski definition) is 3. The van der Waals surface area contributed by atoms with E-state index in [9.17, 15) is 14.4 Å². The van der Waals surface area contributed by atoms with E-state index >= 15 is 0 Å². The number of aliphatic carboxylic acids is 1. The standard InChI is InChI=1S/C15H25N3O4/c1-10-8-18(9-12(10)14(20)21)13(19)7-16-15(22)17-11-5-3-2-4-6-11/h10-12H,2-9H2,1H3,(H,20,21)(H2,16,17,22)/t10-,12-/m1/s1. The van der Waals surface area contributed by atoms with Crippen molar-refractivity contribution in [3.63, 3.8) is 0 Å². The third-order valence-electron chi connectivity index (χ3n) is 4.62. The van der Waals surface area contributed by atoms with Crippen molar-refractivity contribution in [3.05, 3.63) is 0 Å². The maximum atomic E-state index is 12.0. The highest BCUT2D eigenvalue weighted by atomic mass is 16.4. The molecule has 0 spiro atoms. The number of nitrogens with one attached hydrogen (secondary N) is 2. The summed E-state index contributed by atoms with van der Waals surface area (Å²) >= 11 is 0. The minimum Gasteiger partial charge on any atom is -0.481 e. The maximum absolute atomic E-state index is 12.0. The van der Waals surface area contributed by atoms with Crippen molar-refractivity contribution in [2.24, 2.45) is 11.8 Å². The van der Waals surface area contributed by atoms with Crippen LogP contribution in [0.25, 0.3) is 0 Å². The SMILES string of the molecule is C[C@@H]1CN(C(=O)CNC(=O)NC2CCCCC2)C[C@H]1C(=O)O. The Labute approximate surface area is 130 Å². The Hall–Kier alpha value is -1.79. The lowest BCUT2D eigenvalue weighted by Crippen LogP contribution is -2.46. The second kappa shape index (κ2) is 7.47. The van der Waals surface area contributed by atoms with E-state index in [4.69, 9.17) is 5.11 Å². The van der Waals surface area contributed by atoms with Gasteiger partial charge in [0.1, 0.15) is 0 Å². The molecule has 0 aromatic heterocycles. The Bertz CT molecular complexity index is 435. The summed E-state index contributed by atoms with van der Waals surface area (Å²) in [6.45, 7) is 2.40. The van der Waals surface area contributed by atoms with Gasteiger partial charge in [-0.05, 0) is 18.8 Å². The Morgan fingerprint density at radius 2 is 1.82 bits per heavy atom. The molecule has 2 aliphatic rings. The summed E-state index contributed by atoms with van der Waals surface area (Å²) < 4.78 is 0. The van der Waals surface area contributed by atoms with Crippen molar-refractivity contribution in [2.45, 2.75) is 45.1 Å². The fraction of sp³-hybridized carbons (Fsp3) is 0.800. The molecule has 1 aliphatic carbocycles. The molecule has 0 unspecified atom stereocenters. The molecule has 3 amide bonds. The summed E-state index contributed by atoms with van der Waals surface area (Å²) in [5, 5.41) is 14.5. The van der Waals surface area contributed by atoms with Crippen LogP contribution in [0.1, 0.15) is 39.0 Å². The van der Waals surface area contributed by atoms with E-state index < -0.39 is 11.9 Å². The first kappa shape index (κ1) is 16.6. The lowest BCUT2D eigenvalue weighted by Gasteiger charge is -2.23. The smallest absolute Gasteiger partial charge is 0.315 e. The highest BCUT2D eigenvalue weighted by Crippen LogP contribution is 2.23. The lowest BCUT2D eigenvalue weighted by atomic mass is 9.96. The molecule has 124 valence electrons. The van der Waals surface area contributed by atoms with Crippen molar-refractivity contribution >= 4 is 17.9 Å². The van der Waals surface area contributed by atoms with Gasteiger partial charge in [-0.15, -0.1) is 0 Å². The van der Waals surface area contributed by atoms with Gasteiger partial charge in [0.05, 0.1) is 12.5 Å². The second-order valence-electron chi connectivity index (χ2n) is 6.38. The zero-order valence-electron chi connectivity index (χ0n) is 13.0. The molecule has 2 fully saturated rings. The lowest BCUT2D eigenvalue weighted by molar-refractivity contribution is -0.142. The number of carboxylic acids is 1. The van der Waals surface area contributed by atoms with Crippen molar-refractivity contribution < 1.29 is 19.5 Å². The number of likely N-dealkylation sites (tertiary alicyclic amines) is 1. The molecule has 1 aliphatic heterocycles. The highest BCUT2D eigenvalue weighted by molar-refractivity contribution is 5.85. The summed E-state index contributed by atoms with van der Waals surface area (Å²) in [7, 11) is 0. The number of carbonyl (C=O) groups is 3. The molecule has 0 radical (unpaired) electrons. The first-order valence-corrected chi connectivity index (χ1v) is 8.02. The van der Waals surface area contributed by atoms with Gasteiger partial charge < -0.3 is 20.6 Å². The van der Waals surface area contributed by atoms with Crippen LogP contribution in [-0.2, 0) is 9.59 Å². The van der Waals surface area contributed by atoms with Crippen LogP contribution in [0.15, 0.2) is 0 Å². The summed E-state index contributed by atoms with van der Waals surface area (Å²) in [6.07, 6.45) is 5.46. The molecule has 7 nitrogen and oxygen atoms in total. The van der Waals surface area contributed by atoms with Crippen LogP contribution in [0.4, 0.5) is 4.79 Å². The summed E-state index contributed by atoms with van der Waals surface area (Å²) in [4.78, 5) is 36.4. The normalized spacial score (nSPS) is 25.8. The molecule has 1 saturated heterocycles. The number of nitrogens with zero attached hydrogens (tertiary/aromatic N) is 1. The molecule has 0 aromatic carbocycles. The maximum Gasteiger partial charge on any atom is 0.315 e. The number of carboxylic acid groups (broad SMARTS) is 1. The summed E-state index contributed by atoms with van der Waals surface area (Å²) in [5.74, 6) is -1.67. The third-order valence-corrected chi connectivity index (χ3v) is 4.62. The number of carbonyl (C=O) groups excluding carboxylic acids is 2. The van der Waals surface area contributed by atoms with Crippen molar-refractivity contribution in [3.8, 4) is 0 Å². The fourth-order valence-corrected chi connectivity index (χ4v) is 3.24. The van der Waals surface area contributed by atoms with E-state index in [1.54, 1.807) is 0 Å². The monoisotopic (exact) mass is 311 g/mol. The quantitative estimate of drug-likeness (QED) is 0.715. The van der Waals surface area contributed by atoms with Gasteiger partial charge in [0.2, 0.25) is 5.91 Å². The minimum atomic E-state index is -0.870. The van der Waals surface area contributed by atoms with E-state index in [0.717, 1.165) is 25.7 Å². The van der Waals surface area contributed by atoms with E-state index in [-0.39, 0.29) is 37.0 Å².